The van der Waals surface area contributed by atoms with Crippen LogP contribution >= 0.6 is 11.6 Å². The van der Waals surface area contributed by atoms with Crippen LogP contribution in [-0.4, -0.2) is 169 Å². The van der Waals surface area contributed by atoms with Gasteiger partial charge in [-0.3, -0.25) is 14.4 Å². The minimum absolute atomic E-state index is 0.0317. The van der Waals surface area contributed by atoms with Gasteiger partial charge in [0.25, 0.3) is 11.8 Å². The van der Waals surface area contributed by atoms with Crippen LogP contribution in [-0.2, 0) is 57.8 Å². The number of allylic oxidation sites excluding steroid dienone is 2. The van der Waals surface area contributed by atoms with Crippen molar-refractivity contribution in [3.05, 3.63) is 123 Å². The predicted octanol–water partition coefficient (Wildman–Crippen LogP) is 11.6. The lowest BCUT2D eigenvalue weighted by Gasteiger charge is -2.48. The zero-order valence-corrected chi connectivity index (χ0v) is 57.2. The van der Waals surface area contributed by atoms with Gasteiger partial charge in [0.15, 0.2) is 18.4 Å². The van der Waals surface area contributed by atoms with Gasteiger partial charge in [-0.25, -0.2) is 4.39 Å². The number of rotatable bonds is 13. The number of nitrogens with one attached hydrogen (secondary N) is 2. The Morgan fingerprint density at radius 3 is 2.15 bits per heavy atom. The van der Waals surface area contributed by atoms with Crippen LogP contribution in [0.5, 0.6) is 0 Å². The number of alkyl halides is 7. The maximum absolute atomic E-state index is 14.3. The summed E-state index contributed by atoms with van der Waals surface area (Å²) in [6.07, 6.45) is -4.03. The largest absolute Gasteiger partial charge is 0.462 e. The first-order valence-electron chi connectivity index (χ1n) is 32.5. The Morgan fingerprint density at radius 2 is 1.52 bits per heavy atom. The van der Waals surface area contributed by atoms with E-state index in [1.165, 1.54) is 32.0 Å². The predicted molar refractivity (Wildman–Crippen MR) is 340 cm³/mol. The zero-order chi connectivity index (χ0) is 71.7. The Morgan fingerprint density at radius 1 is 0.856 bits per heavy atom. The first-order valence-corrected chi connectivity index (χ1v) is 32.9. The summed E-state index contributed by atoms with van der Waals surface area (Å²) in [5.74, 6) is -4.43. The van der Waals surface area contributed by atoms with Crippen molar-refractivity contribution in [2.75, 3.05) is 26.1 Å². The van der Waals surface area contributed by atoms with E-state index in [1.54, 1.807) is 40.2 Å². The van der Waals surface area contributed by atoms with Gasteiger partial charge in [0.2, 0.25) is 0 Å². The fourth-order valence-electron chi connectivity index (χ4n) is 13.6. The Labute approximate surface area is 565 Å². The van der Waals surface area contributed by atoms with Crippen LogP contribution < -0.4 is 10.6 Å². The molecule has 536 valence electrons. The topological polar surface area (TPSA) is 252 Å². The third-order valence-corrected chi connectivity index (χ3v) is 19.7. The Balaban J connectivity index is 0.000000292. The molecular formula is C70H89ClF7N3O16. The molecule has 5 N–H and O–H groups in total. The van der Waals surface area contributed by atoms with Crippen LogP contribution in [0.25, 0.3) is 0 Å². The summed E-state index contributed by atoms with van der Waals surface area (Å²) in [7, 11) is 3.22. The van der Waals surface area contributed by atoms with E-state index in [-0.39, 0.29) is 76.1 Å². The van der Waals surface area contributed by atoms with Gasteiger partial charge >= 0.3 is 24.0 Å². The van der Waals surface area contributed by atoms with E-state index in [1.807, 2.05) is 38.1 Å². The number of anilines is 1. The smallest absolute Gasteiger partial charge is 0.435 e. The van der Waals surface area contributed by atoms with E-state index in [4.69, 9.17) is 64.2 Å². The molecule has 7 aliphatic rings. The lowest BCUT2D eigenvalue weighted by molar-refractivity contribution is -0.348. The van der Waals surface area contributed by atoms with Gasteiger partial charge in [-0.2, -0.15) is 31.6 Å². The number of hydrogen-bond donors (Lipinski definition) is 5. The molecule has 97 heavy (non-hydrogen) atoms. The molecule has 2 aromatic carbocycles. The van der Waals surface area contributed by atoms with Crippen molar-refractivity contribution in [1.82, 2.24) is 5.32 Å². The number of aliphatic hydroxyl groups excluding tert-OH is 2. The van der Waals surface area contributed by atoms with E-state index >= 15 is 0 Å². The molecule has 9 rings (SSSR count). The highest BCUT2D eigenvalue weighted by atomic mass is 35.5. The lowest BCUT2D eigenvalue weighted by atomic mass is 9.71. The van der Waals surface area contributed by atoms with Gasteiger partial charge in [-0.1, -0.05) is 100 Å². The highest BCUT2D eigenvalue weighted by Gasteiger charge is 2.73. The average Bonchev–Trinajstić information content (AvgIpc) is 1.70. The molecule has 0 aromatic heterocycles. The molecule has 0 unspecified atom stereocenters. The van der Waals surface area contributed by atoms with Gasteiger partial charge in [-0.05, 0) is 107 Å². The maximum Gasteiger partial charge on any atom is 0.435 e. The third-order valence-electron chi connectivity index (χ3n) is 19.3. The van der Waals surface area contributed by atoms with Crippen LogP contribution in [0.15, 0.2) is 95.6 Å². The summed E-state index contributed by atoms with van der Waals surface area (Å²) in [6, 6.07) is 6.89. The number of ether oxygens (including phenoxy) is 10. The lowest BCUT2D eigenvalue weighted by Crippen LogP contribution is -2.58. The molecule has 0 radical (unpaired) electrons. The quantitative estimate of drug-likeness (QED) is 0.0710. The molecule has 19 nitrogen and oxygen atoms in total. The van der Waals surface area contributed by atoms with E-state index in [9.17, 15) is 60.4 Å². The van der Waals surface area contributed by atoms with Gasteiger partial charge in [0.05, 0.1) is 71.6 Å². The molecular weight excluding hydrogens is 1310 g/mol. The molecule has 0 saturated carbocycles. The molecule has 4 fully saturated rings. The number of methoxy groups -OCH3 is 2. The Hall–Kier alpha value is -5.64. The molecule has 4 saturated heterocycles. The van der Waals surface area contributed by atoms with E-state index in [0.717, 1.165) is 18.9 Å². The number of hydrogen-bond acceptors (Lipinski definition) is 17. The Bertz CT molecular complexity index is 3360. The summed E-state index contributed by atoms with van der Waals surface area (Å²) >= 11 is 6.05. The zero-order valence-electron chi connectivity index (χ0n) is 56.5. The fourth-order valence-corrected chi connectivity index (χ4v) is 13.8. The second kappa shape index (κ2) is 30.7. The molecule has 2 amide bonds. The van der Waals surface area contributed by atoms with Gasteiger partial charge in [-0.15, -0.1) is 0 Å². The summed E-state index contributed by atoms with van der Waals surface area (Å²) in [5.41, 5.74) is -9.70. The number of nitrogens with zero attached hydrogens (tertiary/aromatic N) is 1. The number of aryl methyl sites for hydroxylation is 1. The minimum atomic E-state index is -6.29. The number of carbonyl (C=O) groups excluding carboxylic acids is 3. The first kappa shape index (κ1) is 77.1. The first-order chi connectivity index (χ1) is 45.4. The molecule has 1 aliphatic carbocycles. The number of esters is 1. The number of carbonyl (C=O) groups is 3. The number of benzene rings is 2. The highest BCUT2D eigenvalue weighted by molar-refractivity contribution is 6.35. The van der Waals surface area contributed by atoms with Crippen LogP contribution in [0.4, 0.5) is 36.4 Å². The average molecular weight is 1400 g/mol. The normalized spacial score (nSPS) is 36.0. The molecule has 27 heteroatoms. The van der Waals surface area contributed by atoms with Crippen LogP contribution in [0, 0.1) is 41.9 Å². The summed E-state index contributed by atoms with van der Waals surface area (Å²) < 4.78 is 156. The fraction of sp³-hybridized carbons (Fsp3) is 0.629. The number of amides is 2. The van der Waals surface area contributed by atoms with Crippen molar-refractivity contribution in [3.63, 3.8) is 0 Å². The summed E-state index contributed by atoms with van der Waals surface area (Å²) in [4.78, 5) is 39.8. The van der Waals surface area contributed by atoms with Crippen molar-refractivity contribution in [2.45, 2.75) is 235 Å². The molecule has 6 aliphatic heterocycles. The molecule has 2 bridgehead atoms. The van der Waals surface area contributed by atoms with Crippen molar-refractivity contribution < 1.29 is 108 Å². The van der Waals surface area contributed by atoms with Crippen LogP contribution in [0.2, 0.25) is 5.02 Å². The van der Waals surface area contributed by atoms with Gasteiger partial charge < -0.3 is 73.3 Å². The molecule has 1 spiro atoms. The van der Waals surface area contributed by atoms with Crippen molar-refractivity contribution in [3.8, 4) is 6.07 Å². The van der Waals surface area contributed by atoms with Gasteiger partial charge in [0, 0.05) is 63.0 Å². The highest BCUT2D eigenvalue weighted by Crippen LogP contribution is 2.54. The standard InChI is InChI=1S/C48H72O14.C22H17ClF7N3O2/c1-11-25(2)43-28(5)17-18-47(62-43)23-34-20-33(61-47)16-15-27(4)42(26(3)13-12-14-32-24-55-45-40(49)29(6)19-35(46(51)58-34)48(32,45)52)59-39-22-37(54-10)44(31(8)57-39)60-38-21-36(53-9)41(50)30(7)56-38;1-11-9-12(20(24,21(25,26)27)22(28,29)30)7-8-15(11)32-17(34)13-5-4-6-14(23)16(13)18(35)33-19(2,3)10-31/h12-15,17-19,25-26,28,30-31,33-45,49-50,52H,11,16,20-24H2,1-10H3;4-9H,1-3H3,(H,32,34)(H,33,35)/b13-12+,27-15+,32-14+;/t25-,26-,28-,30-,31-,33+,34-,35-,36-,37-,38-,39-,40+,41-,42-,43+,44-,45+,47+,48+;/m0./s1. The second-order valence-corrected chi connectivity index (χ2v) is 27.4. The minimum Gasteiger partial charge on any atom is -0.462 e. The summed E-state index contributed by atoms with van der Waals surface area (Å²) in [5, 5.41) is 47.8. The number of nitriles is 1. The van der Waals surface area contributed by atoms with Crippen LogP contribution in [0.3, 0.4) is 0 Å². The van der Waals surface area contributed by atoms with Crippen molar-refractivity contribution in [2.24, 2.45) is 23.7 Å². The number of fused-ring (bicyclic) bond motifs is 2. The van der Waals surface area contributed by atoms with Crippen LogP contribution in [0.1, 0.15) is 140 Å². The molecule has 2 aromatic rings. The molecule has 20 atom stereocenters. The van der Waals surface area contributed by atoms with Gasteiger partial charge in [0.1, 0.15) is 47.6 Å². The van der Waals surface area contributed by atoms with E-state index in [0.29, 0.717) is 55.4 Å². The molecule has 6 heterocycles. The van der Waals surface area contributed by atoms with Crippen molar-refractivity contribution >= 4 is 35.1 Å². The maximum atomic E-state index is 14.3. The number of aliphatic hydroxyl groups is 3. The summed E-state index contributed by atoms with van der Waals surface area (Å²) in [6.45, 7) is 19.9. The van der Waals surface area contributed by atoms with E-state index < -0.39 is 132 Å². The Kier molecular flexibility index (Phi) is 24.4. The monoisotopic (exact) mass is 1400 g/mol. The second-order valence-electron chi connectivity index (χ2n) is 26.9. The third kappa shape index (κ3) is 16.6. The van der Waals surface area contributed by atoms with Crippen molar-refractivity contribution in [1.29, 1.82) is 5.26 Å². The van der Waals surface area contributed by atoms with E-state index in [2.05, 4.69) is 50.5 Å². The SMILES string of the molecule is CC[C@H](C)[C@H]1O[C@]2(C=C[C@@H]1C)C[C@@H]1C[C@@H](C/C=C(\C)[C@@H](O[C@H]3C[C@H](OC)[C@@H](O[C@H]4C[C@H](OC)[C@@H](O)[C@H](C)O4)[C@H](C)O3)[C@@H](C)/C=C/C=C3\CO[C@@H]4[C@H](O)C(C)=C[C@@H](C(=O)O1)[C@]34O)O2.Cc1cc(C(F)(C(F)(F)F)C(F)(F)F)ccc1NC(=O)c1cccc(Cl)c1C(=O)NC(C)(C)C#N. The number of halogens is 8.